The number of benzene rings is 1. The van der Waals surface area contributed by atoms with E-state index in [0.29, 0.717) is 10.8 Å². The predicted molar refractivity (Wildman–Crippen MR) is 81.8 cm³/mol. The zero-order valence-corrected chi connectivity index (χ0v) is 13.2. The van der Waals surface area contributed by atoms with Crippen molar-refractivity contribution < 1.29 is 19.8 Å². The Bertz CT molecular complexity index is 578. The molecule has 5 nitrogen and oxygen atoms in total. The van der Waals surface area contributed by atoms with Crippen molar-refractivity contribution in [2.24, 2.45) is 5.92 Å². The van der Waals surface area contributed by atoms with Gasteiger partial charge in [-0.3, -0.25) is 4.79 Å². The number of carbonyl (C=O) groups is 2. The Balaban J connectivity index is 2.39. The molecule has 114 valence electrons. The topological polar surface area (TPSA) is 77.8 Å². The molecule has 1 aliphatic rings. The van der Waals surface area contributed by atoms with Gasteiger partial charge in [0.2, 0.25) is 0 Å². The van der Waals surface area contributed by atoms with E-state index < -0.39 is 17.9 Å². The average Bonchev–Trinajstić information content (AvgIpc) is 2.82. The molecule has 1 heterocycles. The van der Waals surface area contributed by atoms with Gasteiger partial charge in [-0.2, -0.15) is 0 Å². The van der Waals surface area contributed by atoms with Gasteiger partial charge in [0.25, 0.3) is 5.91 Å². The molecule has 0 radical (unpaired) electrons. The molecule has 2 N–H and O–H groups in total. The summed E-state index contributed by atoms with van der Waals surface area (Å²) in [5.41, 5.74) is 0.0683. The van der Waals surface area contributed by atoms with Crippen molar-refractivity contribution in [1.82, 2.24) is 4.90 Å². The van der Waals surface area contributed by atoms with Crippen LogP contribution in [0.15, 0.2) is 18.2 Å². The van der Waals surface area contributed by atoms with Crippen molar-refractivity contribution in [1.29, 1.82) is 0 Å². The molecule has 0 bridgehead atoms. The summed E-state index contributed by atoms with van der Waals surface area (Å²) in [6, 6.07) is 3.31. The van der Waals surface area contributed by atoms with Gasteiger partial charge in [0.1, 0.15) is 11.8 Å². The van der Waals surface area contributed by atoms with Crippen molar-refractivity contribution >= 4 is 35.2 Å². The number of carboxylic acid groups (broad SMARTS) is 1. The second-order valence-corrected chi connectivity index (χ2v) is 6.78. The van der Waals surface area contributed by atoms with E-state index in [1.54, 1.807) is 0 Å². The summed E-state index contributed by atoms with van der Waals surface area (Å²) in [6.45, 7) is 3.87. The molecule has 1 aromatic rings. The van der Waals surface area contributed by atoms with Gasteiger partial charge in [0.15, 0.2) is 0 Å². The van der Waals surface area contributed by atoms with Crippen LogP contribution in [0.3, 0.4) is 0 Å². The van der Waals surface area contributed by atoms with Crippen molar-refractivity contribution in [2.75, 3.05) is 5.75 Å². The zero-order valence-electron chi connectivity index (χ0n) is 11.6. The standard InChI is InChI=1S/C14H16ClNO4S/c1-7(2)13-16(10(6-21-13)14(19)20)12(18)9-4-3-8(15)5-11(9)17/h3-5,7,10,13,17H,6H2,1-2H3,(H,19,20). The minimum Gasteiger partial charge on any atom is -0.507 e. The lowest BCUT2D eigenvalue weighted by Gasteiger charge is -2.30. The summed E-state index contributed by atoms with van der Waals surface area (Å²) in [5.74, 6) is -1.31. The van der Waals surface area contributed by atoms with Crippen LogP contribution in [0.5, 0.6) is 5.75 Å². The number of hydrogen-bond donors (Lipinski definition) is 2. The second kappa shape index (κ2) is 6.15. The number of carbonyl (C=O) groups excluding carboxylic acids is 1. The Morgan fingerprint density at radius 1 is 1.43 bits per heavy atom. The van der Waals surface area contributed by atoms with Crippen LogP contribution in [0.25, 0.3) is 0 Å². The van der Waals surface area contributed by atoms with Crippen LogP contribution >= 0.6 is 23.4 Å². The Kier molecular flexibility index (Phi) is 4.68. The van der Waals surface area contributed by atoms with E-state index >= 15 is 0 Å². The van der Waals surface area contributed by atoms with E-state index in [4.69, 9.17) is 11.6 Å². The number of carboxylic acids is 1. The van der Waals surface area contributed by atoms with E-state index in [2.05, 4.69) is 0 Å². The molecule has 1 fully saturated rings. The number of nitrogens with zero attached hydrogens (tertiary/aromatic N) is 1. The maximum absolute atomic E-state index is 12.7. The van der Waals surface area contributed by atoms with Gasteiger partial charge in [0.05, 0.1) is 10.9 Å². The van der Waals surface area contributed by atoms with Crippen LogP contribution in [-0.2, 0) is 4.79 Å². The van der Waals surface area contributed by atoms with Gasteiger partial charge in [-0.15, -0.1) is 11.8 Å². The summed E-state index contributed by atoms with van der Waals surface area (Å²) in [7, 11) is 0. The Morgan fingerprint density at radius 3 is 2.62 bits per heavy atom. The number of phenols is 1. The Labute approximate surface area is 131 Å². The van der Waals surface area contributed by atoms with E-state index in [9.17, 15) is 19.8 Å². The van der Waals surface area contributed by atoms with Gasteiger partial charge in [-0.1, -0.05) is 25.4 Å². The molecule has 2 unspecified atom stereocenters. The highest BCUT2D eigenvalue weighted by Gasteiger charge is 2.43. The second-order valence-electron chi connectivity index (χ2n) is 5.20. The molecule has 21 heavy (non-hydrogen) atoms. The first-order valence-electron chi connectivity index (χ1n) is 6.48. The molecule has 0 spiro atoms. The van der Waals surface area contributed by atoms with Gasteiger partial charge in [-0.25, -0.2) is 4.79 Å². The maximum atomic E-state index is 12.7. The normalized spacial score (nSPS) is 21.8. The summed E-state index contributed by atoms with van der Waals surface area (Å²) in [4.78, 5) is 25.4. The highest BCUT2D eigenvalue weighted by Crippen LogP contribution is 2.36. The molecule has 0 saturated carbocycles. The third-order valence-corrected chi connectivity index (χ3v) is 5.17. The van der Waals surface area contributed by atoms with Crippen LogP contribution in [0.4, 0.5) is 0 Å². The van der Waals surface area contributed by atoms with Crippen LogP contribution in [0, 0.1) is 5.92 Å². The van der Waals surface area contributed by atoms with Crippen molar-refractivity contribution in [3.05, 3.63) is 28.8 Å². The number of rotatable bonds is 3. The number of phenolic OH excluding ortho intramolecular Hbond substituents is 1. The number of halogens is 1. The summed E-state index contributed by atoms with van der Waals surface area (Å²) < 4.78 is 0. The van der Waals surface area contributed by atoms with Gasteiger partial charge in [0, 0.05) is 10.8 Å². The quantitative estimate of drug-likeness (QED) is 0.891. The fourth-order valence-electron chi connectivity index (χ4n) is 2.31. The Hall–Kier alpha value is -1.40. The van der Waals surface area contributed by atoms with Crippen LogP contribution in [0.2, 0.25) is 5.02 Å². The average molecular weight is 330 g/mol. The lowest BCUT2D eigenvalue weighted by Crippen LogP contribution is -2.47. The van der Waals surface area contributed by atoms with Gasteiger partial charge >= 0.3 is 5.97 Å². The minimum absolute atomic E-state index is 0.0683. The number of aliphatic carboxylic acids is 1. The lowest BCUT2D eigenvalue weighted by atomic mass is 10.1. The number of hydrogen-bond acceptors (Lipinski definition) is 4. The molecule has 0 aliphatic carbocycles. The highest BCUT2D eigenvalue weighted by molar-refractivity contribution is 8.00. The van der Waals surface area contributed by atoms with Gasteiger partial charge in [-0.05, 0) is 24.1 Å². The molecular formula is C14H16ClNO4S. The lowest BCUT2D eigenvalue weighted by molar-refractivity contribution is -0.141. The van der Waals surface area contributed by atoms with E-state index in [1.165, 1.54) is 34.9 Å². The number of thioether (sulfide) groups is 1. The third kappa shape index (κ3) is 3.11. The van der Waals surface area contributed by atoms with Crippen LogP contribution in [-0.4, -0.2) is 44.2 Å². The molecule has 0 aromatic heterocycles. The first-order chi connectivity index (χ1) is 9.82. The monoisotopic (exact) mass is 329 g/mol. The first kappa shape index (κ1) is 16.0. The molecule has 2 atom stereocenters. The Morgan fingerprint density at radius 2 is 2.10 bits per heavy atom. The summed E-state index contributed by atoms with van der Waals surface area (Å²) >= 11 is 7.20. The molecule has 1 aliphatic heterocycles. The first-order valence-corrected chi connectivity index (χ1v) is 7.91. The third-order valence-electron chi connectivity index (χ3n) is 3.31. The minimum atomic E-state index is -1.03. The number of aromatic hydroxyl groups is 1. The van der Waals surface area contributed by atoms with Crippen molar-refractivity contribution in [2.45, 2.75) is 25.3 Å². The molecule has 1 amide bonds. The molecule has 1 aromatic carbocycles. The largest absolute Gasteiger partial charge is 0.507 e. The zero-order chi connectivity index (χ0) is 15.7. The van der Waals surface area contributed by atoms with Crippen LogP contribution < -0.4 is 0 Å². The molecule has 1 saturated heterocycles. The summed E-state index contributed by atoms with van der Waals surface area (Å²) in [6.07, 6.45) is 0. The van der Waals surface area contributed by atoms with Crippen molar-refractivity contribution in [3.63, 3.8) is 0 Å². The van der Waals surface area contributed by atoms with Crippen LogP contribution in [0.1, 0.15) is 24.2 Å². The SMILES string of the molecule is CC(C)C1SCC(C(=O)O)N1C(=O)c1ccc(Cl)cc1O. The van der Waals surface area contributed by atoms with Crippen molar-refractivity contribution in [3.8, 4) is 5.75 Å². The smallest absolute Gasteiger partial charge is 0.327 e. The molecule has 2 rings (SSSR count). The summed E-state index contributed by atoms with van der Waals surface area (Å²) in [5, 5.41) is 19.3. The maximum Gasteiger partial charge on any atom is 0.327 e. The predicted octanol–water partition coefficient (Wildman–Crippen LogP) is 2.67. The molecular weight excluding hydrogens is 314 g/mol. The number of amides is 1. The van der Waals surface area contributed by atoms with E-state index in [0.717, 1.165) is 0 Å². The fourth-order valence-corrected chi connectivity index (χ4v) is 3.95. The highest BCUT2D eigenvalue weighted by atomic mass is 35.5. The van der Waals surface area contributed by atoms with E-state index in [-0.39, 0.29) is 22.6 Å². The van der Waals surface area contributed by atoms with E-state index in [1.807, 2.05) is 13.8 Å². The molecule has 7 heteroatoms. The fraction of sp³-hybridized carbons (Fsp3) is 0.429. The van der Waals surface area contributed by atoms with Gasteiger partial charge < -0.3 is 15.1 Å².